The molecule has 2 N–H and O–H groups in total. The minimum absolute atomic E-state index is 0.151. The molecule has 15 heavy (non-hydrogen) atoms. The maximum atomic E-state index is 12.5. The highest BCUT2D eigenvalue weighted by Crippen LogP contribution is 2.34. The zero-order valence-electron chi connectivity index (χ0n) is 7.90. The van der Waals surface area contributed by atoms with E-state index in [0.717, 1.165) is 18.8 Å². The number of aromatic nitrogens is 2. The van der Waals surface area contributed by atoms with E-state index in [4.69, 9.17) is 5.11 Å². The average molecular weight is 211 g/mol. The van der Waals surface area contributed by atoms with Crippen LogP contribution in [0.5, 0.6) is 0 Å². The van der Waals surface area contributed by atoms with Gasteiger partial charge in [0.05, 0.1) is 12.4 Å². The Morgan fingerprint density at radius 3 is 2.47 bits per heavy atom. The quantitative estimate of drug-likeness (QED) is 0.781. The molecule has 1 aliphatic carbocycles. The van der Waals surface area contributed by atoms with Crippen LogP contribution < -0.4 is 5.32 Å². The average Bonchev–Trinajstić information content (AvgIpc) is 2.13. The van der Waals surface area contributed by atoms with Crippen LogP contribution in [0.15, 0.2) is 12.4 Å². The van der Waals surface area contributed by atoms with Gasteiger partial charge in [0.25, 0.3) is 0 Å². The van der Waals surface area contributed by atoms with Gasteiger partial charge in [-0.2, -0.15) is 0 Å². The number of hydrogen-bond acceptors (Lipinski definition) is 4. The fraction of sp³-hybridized carbons (Fsp3) is 0.444. The van der Waals surface area contributed by atoms with E-state index >= 15 is 0 Å². The molecule has 0 bridgehead atoms. The van der Waals surface area contributed by atoms with Gasteiger partial charge in [0.15, 0.2) is 5.82 Å². The van der Waals surface area contributed by atoms with Crippen molar-refractivity contribution in [2.75, 3.05) is 5.32 Å². The molecule has 0 aliphatic heterocycles. The first-order valence-electron chi connectivity index (χ1n) is 4.61. The molecule has 1 heterocycles. The summed E-state index contributed by atoms with van der Waals surface area (Å²) < 4.78 is 12.5. The maximum absolute atomic E-state index is 12.5. The molecule has 1 aromatic heterocycles. The molecule has 6 heteroatoms. The van der Waals surface area contributed by atoms with E-state index in [1.807, 2.05) is 0 Å². The van der Waals surface area contributed by atoms with Crippen molar-refractivity contribution < 1.29 is 14.3 Å². The largest absolute Gasteiger partial charge is 0.480 e. The first-order valence-corrected chi connectivity index (χ1v) is 4.61. The Hall–Kier alpha value is -1.72. The Morgan fingerprint density at radius 1 is 1.47 bits per heavy atom. The molecular weight excluding hydrogens is 201 g/mol. The van der Waals surface area contributed by atoms with Crippen molar-refractivity contribution in [2.45, 2.75) is 24.8 Å². The van der Waals surface area contributed by atoms with Gasteiger partial charge >= 0.3 is 5.97 Å². The molecule has 0 amide bonds. The van der Waals surface area contributed by atoms with Crippen molar-refractivity contribution >= 4 is 11.9 Å². The van der Waals surface area contributed by atoms with Gasteiger partial charge in [0.2, 0.25) is 5.95 Å². The van der Waals surface area contributed by atoms with Gasteiger partial charge < -0.3 is 10.4 Å². The highest BCUT2D eigenvalue weighted by atomic mass is 19.1. The third-order valence-electron chi connectivity index (χ3n) is 2.59. The van der Waals surface area contributed by atoms with Crippen molar-refractivity contribution in [3.63, 3.8) is 0 Å². The Kier molecular flexibility index (Phi) is 2.26. The number of halogens is 1. The molecule has 80 valence electrons. The van der Waals surface area contributed by atoms with E-state index in [0.29, 0.717) is 12.8 Å². The van der Waals surface area contributed by atoms with Gasteiger partial charge in [-0.15, -0.1) is 0 Å². The second-order valence-corrected chi connectivity index (χ2v) is 3.59. The second-order valence-electron chi connectivity index (χ2n) is 3.59. The number of nitrogens with zero attached hydrogens (tertiary/aromatic N) is 2. The minimum atomic E-state index is -0.960. The lowest BCUT2D eigenvalue weighted by atomic mass is 9.77. The molecule has 0 saturated heterocycles. The molecule has 5 nitrogen and oxygen atoms in total. The monoisotopic (exact) mass is 211 g/mol. The first-order chi connectivity index (χ1) is 7.12. The van der Waals surface area contributed by atoms with E-state index in [1.165, 1.54) is 0 Å². The van der Waals surface area contributed by atoms with Crippen molar-refractivity contribution in [3.05, 3.63) is 18.2 Å². The summed E-state index contributed by atoms with van der Waals surface area (Å²) in [4.78, 5) is 18.3. The molecule has 0 atom stereocenters. The summed E-state index contributed by atoms with van der Waals surface area (Å²) in [5, 5.41) is 11.7. The lowest BCUT2D eigenvalue weighted by Gasteiger charge is -2.38. The van der Waals surface area contributed by atoms with Crippen LogP contribution >= 0.6 is 0 Å². The molecule has 0 spiro atoms. The van der Waals surface area contributed by atoms with E-state index in [2.05, 4.69) is 15.3 Å². The van der Waals surface area contributed by atoms with Gasteiger partial charge in [0, 0.05) is 0 Å². The van der Waals surface area contributed by atoms with Crippen molar-refractivity contribution in [1.82, 2.24) is 9.97 Å². The molecule has 0 unspecified atom stereocenters. The topological polar surface area (TPSA) is 75.1 Å². The smallest absolute Gasteiger partial charge is 0.329 e. The molecule has 1 aliphatic rings. The first kappa shape index (κ1) is 9.82. The van der Waals surface area contributed by atoms with Crippen LogP contribution in [0.3, 0.4) is 0 Å². The Balaban J connectivity index is 2.13. The Labute approximate surface area is 85.4 Å². The second kappa shape index (κ2) is 3.45. The van der Waals surface area contributed by atoms with Crippen molar-refractivity contribution in [2.24, 2.45) is 0 Å². The minimum Gasteiger partial charge on any atom is -0.480 e. The lowest BCUT2D eigenvalue weighted by Crippen LogP contribution is -2.52. The number of rotatable bonds is 3. The van der Waals surface area contributed by atoms with Crippen LogP contribution in [0.1, 0.15) is 19.3 Å². The summed E-state index contributed by atoms with van der Waals surface area (Å²) >= 11 is 0. The standard InChI is InChI=1S/C9H10FN3O2/c10-6-4-11-8(12-5-6)13-9(7(14)15)2-1-3-9/h4-5H,1-3H2,(H,14,15)(H,11,12,13). The fourth-order valence-corrected chi connectivity index (χ4v) is 1.51. The van der Waals surface area contributed by atoms with Crippen LogP contribution in [0.4, 0.5) is 10.3 Å². The molecular formula is C9H10FN3O2. The molecule has 0 aromatic carbocycles. The highest BCUT2D eigenvalue weighted by molar-refractivity contribution is 5.83. The Bertz CT molecular complexity index is 375. The van der Waals surface area contributed by atoms with Crippen molar-refractivity contribution in [3.8, 4) is 0 Å². The number of carboxylic acids is 1. The molecule has 0 radical (unpaired) electrons. The van der Waals surface area contributed by atoms with Crippen molar-refractivity contribution in [1.29, 1.82) is 0 Å². The van der Waals surface area contributed by atoms with Gasteiger partial charge in [-0.25, -0.2) is 19.2 Å². The van der Waals surface area contributed by atoms with E-state index < -0.39 is 17.3 Å². The zero-order chi connectivity index (χ0) is 10.9. The lowest BCUT2D eigenvalue weighted by molar-refractivity contribution is -0.145. The maximum Gasteiger partial charge on any atom is 0.329 e. The number of nitrogens with one attached hydrogen (secondary N) is 1. The summed E-state index contributed by atoms with van der Waals surface area (Å²) in [6.45, 7) is 0. The number of aliphatic carboxylic acids is 1. The Morgan fingerprint density at radius 2 is 2.07 bits per heavy atom. The number of carboxylic acid groups (broad SMARTS) is 1. The highest BCUT2D eigenvalue weighted by Gasteiger charge is 2.45. The van der Waals surface area contributed by atoms with Gasteiger partial charge in [-0.1, -0.05) is 0 Å². The predicted octanol–water partition coefficient (Wildman–Crippen LogP) is 1.03. The van der Waals surface area contributed by atoms with Gasteiger partial charge in [-0.05, 0) is 19.3 Å². The summed E-state index contributed by atoms with van der Waals surface area (Å²) in [6, 6.07) is 0. The van der Waals surface area contributed by atoms with E-state index in [9.17, 15) is 9.18 Å². The van der Waals surface area contributed by atoms with E-state index in [1.54, 1.807) is 0 Å². The summed E-state index contributed by atoms with van der Waals surface area (Å²) in [6.07, 6.45) is 3.96. The number of hydrogen-bond donors (Lipinski definition) is 2. The fourth-order valence-electron chi connectivity index (χ4n) is 1.51. The zero-order valence-corrected chi connectivity index (χ0v) is 7.90. The van der Waals surface area contributed by atoms with E-state index in [-0.39, 0.29) is 5.95 Å². The summed E-state index contributed by atoms with van der Waals surface area (Å²) in [5.41, 5.74) is -0.960. The third-order valence-corrected chi connectivity index (χ3v) is 2.59. The van der Waals surface area contributed by atoms with Crippen LogP contribution in [0.2, 0.25) is 0 Å². The van der Waals surface area contributed by atoms with Gasteiger partial charge in [-0.3, -0.25) is 0 Å². The van der Waals surface area contributed by atoms with Crippen LogP contribution in [0.25, 0.3) is 0 Å². The van der Waals surface area contributed by atoms with Gasteiger partial charge in [0.1, 0.15) is 5.54 Å². The van der Waals surface area contributed by atoms with Crippen LogP contribution in [-0.2, 0) is 4.79 Å². The molecule has 1 fully saturated rings. The summed E-state index contributed by atoms with van der Waals surface area (Å²) in [7, 11) is 0. The third kappa shape index (κ3) is 1.74. The molecule has 1 aromatic rings. The predicted molar refractivity (Wildman–Crippen MR) is 49.8 cm³/mol. The molecule has 2 rings (SSSR count). The van der Waals surface area contributed by atoms with Crippen LogP contribution in [0, 0.1) is 5.82 Å². The SMILES string of the molecule is O=C(O)C1(Nc2ncc(F)cn2)CCC1. The normalized spacial score (nSPS) is 17.9. The number of carbonyl (C=O) groups is 1. The summed E-state index contributed by atoms with van der Waals surface area (Å²) in [5.74, 6) is -1.31. The molecule has 1 saturated carbocycles. The number of anilines is 1. The van der Waals surface area contributed by atoms with Crippen LogP contribution in [-0.4, -0.2) is 26.6 Å².